The van der Waals surface area contributed by atoms with Gasteiger partial charge in [0.15, 0.2) is 0 Å². The maximum absolute atomic E-state index is 13.1. The van der Waals surface area contributed by atoms with Gasteiger partial charge in [-0.2, -0.15) is 4.31 Å². The Kier molecular flexibility index (Phi) is 5.76. The van der Waals surface area contributed by atoms with Crippen LogP contribution in [0.3, 0.4) is 0 Å². The highest BCUT2D eigenvalue weighted by molar-refractivity contribution is 7.89. The Labute approximate surface area is 184 Å². The summed E-state index contributed by atoms with van der Waals surface area (Å²) in [6.07, 6.45) is 0.0759. The molecule has 2 amide bonds. The molecule has 1 fully saturated rings. The Morgan fingerprint density at radius 2 is 1.70 bits per heavy atom. The number of sulfonamides is 1. The zero-order chi connectivity index (χ0) is 21.5. The number of halogens is 2. The predicted molar refractivity (Wildman–Crippen MR) is 114 cm³/mol. The van der Waals surface area contributed by atoms with Crippen molar-refractivity contribution < 1.29 is 18.0 Å². The van der Waals surface area contributed by atoms with Gasteiger partial charge in [0, 0.05) is 38.3 Å². The van der Waals surface area contributed by atoms with E-state index >= 15 is 0 Å². The zero-order valence-corrected chi connectivity index (χ0v) is 18.2. The van der Waals surface area contributed by atoms with Gasteiger partial charge in [0.05, 0.1) is 16.0 Å². The van der Waals surface area contributed by atoms with Crippen molar-refractivity contribution in [1.82, 2.24) is 9.21 Å². The first kappa shape index (κ1) is 21.1. The van der Waals surface area contributed by atoms with Crippen LogP contribution in [0.25, 0.3) is 0 Å². The number of para-hydroxylation sites is 1. The number of piperazine rings is 1. The molecule has 4 rings (SSSR count). The number of benzene rings is 2. The summed E-state index contributed by atoms with van der Waals surface area (Å²) in [5.41, 5.74) is 1.42. The molecular weight excluding hydrogens is 449 g/mol. The van der Waals surface area contributed by atoms with E-state index in [-0.39, 0.29) is 59.4 Å². The molecule has 0 bridgehead atoms. The van der Waals surface area contributed by atoms with Crippen molar-refractivity contribution in [2.75, 3.05) is 31.5 Å². The first-order valence-corrected chi connectivity index (χ1v) is 11.6. The summed E-state index contributed by atoms with van der Waals surface area (Å²) in [5, 5.41) is 2.94. The Balaban J connectivity index is 1.49. The van der Waals surface area contributed by atoms with Crippen molar-refractivity contribution in [1.29, 1.82) is 0 Å². The summed E-state index contributed by atoms with van der Waals surface area (Å²) in [6.45, 7) is 0.738. The molecule has 2 aliphatic heterocycles. The molecule has 1 saturated heterocycles. The molecule has 10 heteroatoms. The van der Waals surface area contributed by atoms with Crippen LogP contribution in [-0.2, 0) is 19.6 Å². The number of carbonyl (C=O) groups excluding carboxylic acids is 2. The van der Waals surface area contributed by atoms with Gasteiger partial charge in [-0.15, -0.1) is 0 Å². The Morgan fingerprint density at radius 1 is 1.00 bits per heavy atom. The maximum atomic E-state index is 13.1. The minimum absolute atomic E-state index is 0.0116. The van der Waals surface area contributed by atoms with Crippen LogP contribution < -0.4 is 5.32 Å². The van der Waals surface area contributed by atoms with E-state index in [1.165, 1.54) is 22.5 Å². The molecule has 7 nitrogen and oxygen atoms in total. The highest BCUT2D eigenvalue weighted by Gasteiger charge is 2.37. The lowest BCUT2D eigenvalue weighted by atomic mass is 9.89. The van der Waals surface area contributed by atoms with Crippen molar-refractivity contribution in [2.24, 2.45) is 0 Å². The summed E-state index contributed by atoms with van der Waals surface area (Å²) >= 11 is 12.1. The van der Waals surface area contributed by atoms with E-state index in [2.05, 4.69) is 5.32 Å². The monoisotopic (exact) mass is 467 g/mol. The highest BCUT2D eigenvalue weighted by atomic mass is 35.5. The summed E-state index contributed by atoms with van der Waals surface area (Å²) in [5.74, 6) is -0.945. The summed E-state index contributed by atoms with van der Waals surface area (Å²) < 4.78 is 27.2. The third-order valence-electron chi connectivity index (χ3n) is 5.38. The van der Waals surface area contributed by atoms with Crippen molar-refractivity contribution in [3.05, 3.63) is 58.1 Å². The van der Waals surface area contributed by atoms with E-state index < -0.39 is 15.9 Å². The van der Waals surface area contributed by atoms with E-state index in [9.17, 15) is 18.0 Å². The third-order valence-corrected chi connectivity index (χ3v) is 8.25. The van der Waals surface area contributed by atoms with Crippen LogP contribution in [0.1, 0.15) is 17.9 Å². The number of nitrogens with zero attached hydrogens (tertiary/aromatic N) is 2. The van der Waals surface area contributed by atoms with Gasteiger partial charge in [-0.3, -0.25) is 9.59 Å². The fraction of sp³-hybridized carbons (Fsp3) is 0.300. The molecule has 158 valence electrons. The average molecular weight is 468 g/mol. The topological polar surface area (TPSA) is 86.8 Å². The summed E-state index contributed by atoms with van der Waals surface area (Å²) in [6, 6.07) is 11.7. The van der Waals surface area contributed by atoms with Gasteiger partial charge < -0.3 is 10.2 Å². The number of carbonyl (C=O) groups is 2. The molecule has 1 unspecified atom stereocenters. The normalized spacial score (nSPS) is 19.9. The molecule has 2 aromatic rings. The molecule has 0 aliphatic carbocycles. The van der Waals surface area contributed by atoms with Gasteiger partial charge >= 0.3 is 0 Å². The van der Waals surface area contributed by atoms with Crippen molar-refractivity contribution >= 4 is 50.7 Å². The molecule has 30 heavy (non-hydrogen) atoms. The second-order valence-corrected chi connectivity index (χ2v) is 9.86. The van der Waals surface area contributed by atoms with E-state index in [1.807, 2.05) is 12.1 Å². The lowest BCUT2D eigenvalue weighted by molar-refractivity contribution is -0.136. The molecule has 2 aliphatic rings. The van der Waals surface area contributed by atoms with E-state index in [1.54, 1.807) is 17.0 Å². The standard InChI is InChI=1S/C20H19Cl2N3O4S/c21-15-5-3-7-17(19(15)22)30(28,29)25-10-8-24(9-11-25)20(27)14-12-18(26)23-16-6-2-1-4-13(14)16/h1-7,14H,8-12H2,(H,23,26). The zero-order valence-electron chi connectivity index (χ0n) is 15.8. The van der Waals surface area contributed by atoms with Crippen LogP contribution in [0.5, 0.6) is 0 Å². The van der Waals surface area contributed by atoms with Crippen LogP contribution in [0, 0.1) is 0 Å². The molecule has 0 radical (unpaired) electrons. The maximum Gasteiger partial charge on any atom is 0.244 e. The first-order valence-electron chi connectivity index (χ1n) is 9.41. The number of hydrogen-bond donors (Lipinski definition) is 1. The van der Waals surface area contributed by atoms with Crippen LogP contribution in [0.4, 0.5) is 5.69 Å². The Bertz CT molecular complexity index is 1110. The smallest absolute Gasteiger partial charge is 0.244 e. The molecule has 2 aromatic carbocycles. The number of fused-ring (bicyclic) bond motifs is 1. The second kappa shape index (κ2) is 8.19. The van der Waals surface area contributed by atoms with E-state index in [4.69, 9.17) is 23.2 Å². The number of anilines is 1. The molecule has 0 aromatic heterocycles. The Hall–Kier alpha value is -2.13. The van der Waals surface area contributed by atoms with Crippen LogP contribution >= 0.6 is 23.2 Å². The van der Waals surface area contributed by atoms with E-state index in [0.717, 1.165) is 5.56 Å². The number of hydrogen-bond acceptors (Lipinski definition) is 4. The fourth-order valence-electron chi connectivity index (χ4n) is 3.82. The average Bonchev–Trinajstić information content (AvgIpc) is 2.74. The molecule has 0 saturated carbocycles. The number of rotatable bonds is 3. The Morgan fingerprint density at radius 3 is 2.43 bits per heavy atom. The van der Waals surface area contributed by atoms with Crippen LogP contribution in [-0.4, -0.2) is 55.6 Å². The van der Waals surface area contributed by atoms with Gasteiger partial charge in [0.2, 0.25) is 21.8 Å². The first-order chi connectivity index (χ1) is 14.3. The minimum Gasteiger partial charge on any atom is -0.340 e. The van der Waals surface area contributed by atoms with Gasteiger partial charge in [-0.1, -0.05) is 47.5 Å². The van der Waals surface area contributed by atoms with Crippen LogP contribution in [0.15, 0.2) is 47.4 Å². The number of amides is 2. The quantitative estimate of drug-likeness (QED) is 0.751. The SMILES string of the molecule is O=C1CC(C(=O)N2CCN(S(=O)(=O)c3cccc(Cl)c3Cl)CC2)c2ccccc2N1. The minimum atomic E-state index is -3.83. The molecule has 1 atom stereocenters. The van der Waals surface area contributed by atoms with Gasteiger partial charge in [-0.05, 0) is 23.8 Å². The molecule has 2 heterocycles. The van der Waals surface area contributed by atoms with Gasteiger partial charge in [-0.25, -0.2) is 8.42 Å². The van der Waals surface area contributed by atoms with Crippen molar-refractivity contribution in [3.8, 4) is 0 Å². The lowest BCUT2D eigenvalue weighted by Gasteiger charge is -2.37. The van der Waals surface area contributed by atoms with E-state index in [0.29, 0.717) is 5.69 Å². The summed E-state index contributed by atoms with van der Waals surface area (Å²) in [7, 11) is -3.83. The molecular formula is C20H19Cl2N3O4S. The third kappa shape index (κ3) is 3.80. The van der Waals surface area contributed by atoms with Gasteiger partial charge in [0.1, 0.15) is 4.90 Å². The highest BCUT2D eigenvalue weighted by Crippen LogP contribution is 2.34. The van der Waals surface area contributed by atoms with Gasteiger partial charge in [0.25, 0.3) is 0 Å². The molecule has 0 spiro atoms. The fourth-order valence-corrected chi connectivity index (χ4v) is 5.98. The van der Waals surface area contributed by atoms with Crippen molar-refractivity contribution in [3.63, 3.8) is 0 Å². The second-order valence-electron chi connectivity index (χ2n) is 7.17. The summed E-state index contributed by atoms with van der Waals surface area (Å²) in [4.78, 5) is 26.7. The van der Waals surface area contributed by atoms with Crippen molar-refractivity contribution in [2.45, 2.75) is 17.2 Å². The largest absolute Gasteiger partial charge is 0.340 e. The predicted octanol–water partition coefficient (Wildman–Crippen LogP) is 2.95. The number of nitrogens with one attached hydrogen (secondary N) is 1. The molecule has 1 N–H and O–H groups in total. The van der Waals surface area contributed by atoms with Crippen LogP contribution in [0.2, 0.25) is 10.0 Å². The lowest BCUT2D eigenvalue weighted by Crippen LogP contribution is -2.52.